The number of nitrogens with zero attached hydrogens (tertiary/aromatic N) is 1. The van der Waals surface area contributed by atoms with Crippen LogP contribution >= 0.6 is 0 Å². The summed E-state index contributed by atoms with van der Waals surface area (Å²) in [5.74, 6) is 0. The van der Waals surface area contributed by atoms with Crippen molar-refractivity contribution in [3.8, 4) is 11.1 Å². The van der Waals surface area contributed by atoms with Crippen LogP contribution in [-0.4, -0.2) is 0 Å². The smallest absolute Gasteiger partial charge is 0.136 e. The lowest BCUT2D eigenvalue weighted by Gasteiger charge is -2.28. The Morgan fingerprint density at radius 2 is 0.938 bits per heavy atom. The number of rotatable bonds is 4. The lowest BCUT2D eigenvalue weighted by Crippen LogP contribution is -2.11. The van der Waals surface area contributed by atoms with Crippen molar-refractivity contribution in [1.29, 1.82) is 0 Å². The van der Waals surface area contributed by atoms with E-state index in [4.69, 9.17) is 4.42 Å². The van der Waals surface area contributed by atoms with Crippen LogP contribution in [0.4, 0.5) is 17.1 Å². The normalized spacial score (nSPS) is 11.8. The minimum atomic E-state index is 0.914. The van der Waals surface area contributed by atoms with Gasteiger partial charge < -0.3 is 9.32 Å². The highest BCUT2D eigenvalue weighted by Crippen LogP contribution is 2.44. The molecule has 10 rings (SSSR count). The summed E-state index contributed by atoms with van der Waals surface area (Å²) in [4.78, 5) is 2.41. The summed E-state index contributed by atoms with van der Waals surface area (Å²) in [5, 5.41) is 12.3. The van der Waals surface area contributed by atoms with Crippen LogP contribution in [0.25, 0.3) is 76.2 Å². The molecule has 0 aliphatic heterocycles. The topological polar surface area (TPSA) is 16.4 Å². The Hall–Kier alpha value is -6.38. The van der Waals surface area contributed by atoms with Crippen LogP contribution in [-0.2, 0) is 0 Å². The first-order valence-electron chi connectivity index (χ1n) is 16.4. The van der Waals surface area contributed by atoms with E-state index < -0.39 is 0 Å². The molecule has 0 unspecified atom stereocenters. The molecule has 0 atom stereocenters. The molecule has 1 aromatic heterocycles. The summed E-state index contributed by atoms with van der Waals surface area (Å²) < 4.78 is 6.23. The second-order valence-corrected chi connectivity index (χ2v) is 12.5. The van der Waals surface area contributed by atoms with Crippen LogP contribution in [0.15, 0.2) is 180 Å². The van der Waals surface area contributed by atoms with Gasteiger partial charge in [0.05, 0.1) is 5.69 Å². The molecule has 1 heterocycles. The van der Waals surface area contributed by atoms with E-state index >= 15 is 0 Å². The van der Waals surface area contributed by atoms with Crippen LogP contribution in [0.2, 0.25) is 0 Å². The number of benzene rings is 9. The number of fused-ring (bicyclic) bond motifs is 10. The van der Waals surface area contributed by atoms with Gasteiger partial charge in [-0.15, -0.1) is 0 Å². The summed E-state index contributed by atoms with van der Waals surface area (Å²) in [5.41, 5.74) is 7.54. The molecule has 2 heteroatoms. The van der Waals surface area contributed by atoms with Crippen molar-refractivity contribution in [3.05, 3.63) is 176 Å². The Morgan fingerprint density at radius 3 is 1.77 bits per heavy atom. The number of para-hydroxylation sites is 2. The van der Waals surface area contributed by atoms with Crippen LogP contribution in [0.3, 0.4) is 0 Å². The van der Waals surface area contributed by atoms with E-state index in [9.17, 15) is 0 Å². The lowest BCUT2D eigenvalue weighted by molar-refractivity contribution is 0.669. The minimum Gasteiger partial charge on any atom is -0.456 e. The Bertz CT molecular complexity index is 2850. The van der Waals surface area contributed by atoms with Gasteiger partial charge in [-0.25, -0.2) is 0 Å². The second-order valence-electron chi connectivity index (χ2n) is 12.5. The fraction of sp³-hybridized carbons (Fsp3) is 0. The highest BCUT2D eigenvalue weighted by molar-refractivity contribution is 6.20. The molecule has 0 N–H and O–H groups in total. The van der Waals surface area contributed by atoms with E-state index in [0.717, 1.165) is 39.0 Å². The van der Waals surface area contributed by atoms with Gasteiger partial charge in [0.1, 0.15) is 11.2 Å². The molecule has 0 radical (unpaired) electrons. The molecule has 48 heavy (non-hydrogen) atoms. The van der Waals surface area contributed by atoms with Crippen molar-refractivity contribution in [2.24, 2.45) is 0 Å². The predicted octanol–water partition coefficient (Wildman–Crippen LogP) is 13.3. The molecule has 0 aliphatic carbocycles. The summed E-state index contributed by atoms with van der Waals surface area (Å²) in [7, 11) is 0. The largest absolute Gasteiger partial charge is 0.456 e. The Kier molecular flexibility index (Phi) is 5.91. The quantitative estimate of drug-likeness (QED) is 0.184. The molecule has 0 bridgehead atoms. The minimum absolute atomic E-state index is 0.914. The third-order valence-electron chi connectivity index (χ3n) is 9.81. The Balaban J connectivity index is 1.21. The standard InChI is InChI=1S/C46H29NO/c1-2-10-30(11-3-1)38-14-6-8-16-43(38)47(35-22-26-39-33(29-35)20-27-45-46(39)42-15-7-9-17-44(42)48-45)34-21-25-37-32(28-34)19-24-40-36-13-5-4-12-31(36)18-23-41(37)40/h1-29H. The average Bonchev–Trinajstić information content (AvgIpc) is 3.54. The van der Waals surface area contributed by atoms with E-state index in [2.05, 4.69) is 169 Å². The van der Waals surface area contributed by atoms with Crippen LogP contribution < -0.4 is 4.90 Å². The van der Waals surface area contributed by atoms with Crippen LogP contribution in [0.5, 0.6) is 0 Å². The third kappa shape index (κ3) is 4.13. The highest BCUT2D eigenvalue weighted by atomic mass is 16.3. The molecular weight excluding hydrogens is 583 g/mol. The Morgan fingerprint density at radius 1 is 0.354 bits per heavy atom. The van der Waals surface area contributed by atoms with Crippen LogP contribution in [0.1, 0.15) is 0 Å². The van der Waals surface area contributed by atoms with Gasteiger partial charge in [0.25, 0.3) is 0 Å². The van der Waals surface area contributed by atoms with Crippen molar-refractivity contribution in [2.45, 2.75) is 0 Å². The maximum atomic E-state index is 6.23. The predicted molar refractivity (Wildman–Crippen MR) is 204 cm³/mol. The van der Waals surface area contributed by atoms with Crippen molar-refractivity contribution in [2.75, 3.05) is 4.90 Å². The van der Waals surface area contributed by atoms with E-state index in [1.165, 1.54) is 54.2 Å². The van der Waals surface area contributed by atoms with Gasteiger partial charge in [0, 0.05) is 27.7 Å². The van der Waals surface area contributed by atoms with Crippen molar-refractivity contribution in [1.82, 2.24) is 0 Å². The Labute approximate surface area is 277 Å². The van der Waals surface area contributed by atoms with Crippen molar-refractivity contribution < 1.29 is 4.42 Å². The summed E-state index contributed by atoms with van der Waals surface area (Å²) in [6.07, 6.45) is 0. The molecule has 10 aromatic rings. The van der Waals surface area contributed by atoms with Gasteiger partial charge in [-0.2, -0.15) is 0 Å². The van der Waals surface area contributed by atoms with Gasteiger partial charge in [0.15, 0.2) is 0 Å². The first-order valence-corrected chi connectivity index (χ1v) is 16.4. The maximum Gasteiger partial charge on any atom is 0.136 e. The molecule has 224 valence electrons. The molecule has 0 saturated carbocycles. The lowest BCUT2D eigenvalue weighted by atomic mass is 9.96. The molecule has 2 nitrogen and oxygen atoms in total. The highest BCUT2D eigenvalue weighted by Gasteiger charge is 2.19. The van der Waals surface area contributed by atoms with Gasteiger partial charge in [-0.05, 0) is 91.1 Å². The number of hydrogen-bond donors (Lipinski definition) is 0. The molecule has 0 spiro atoms. The fourth-order valence-corrected chi connectivity index (χ4v) is 7.59. The zero-order chi connectivity index (χ0) is 31.6. The fourth-order valence-electron chi connectivity index (χ4n) is 7.59. The zero-order valence-electron chi connectivity index (χ0n) is 26.1. The van der Waals surface area contributed by atoms with Gasteiger partial charge >= 0.3 is 0 Å². The maximum absolute atomic E-state index is 6.23. The summed E-state index contributed by atoms with van der Waals surface area (Å²) in [6.45, 7) is 0. The van der Waals surface area contributed by atoms with E-state index in [1.54, 1.807) is 0 Å². The molecular formula is C46H29NO. The third-order valence-corrected chi connectivity index (χ3v) is 9.81. The summed E-state index contributed by atoms with van der Waals surface area (Å²) >= 11 is 0. The number of furan rings is 1. The molecule has 0 fully saturated rings. The zero-order valence-corrected chi connectivity index (χ0v) is 26.1. The summed E-state index contributed by atoms with van der Waals surface area (Å²) in [6, 6.07) is 63.4. The van der Waals surface area contributed by atoms with Gasteiger partial charge in [0.2, 0.25) is 0 Å². The number of hydrogen-bond acceptors (Lipinski definition) is 2. The first kappa shape index (κ1) is 26.8. The number of anilines is 3. The molecule has 0 saturated heterocycles. The van der Waals surface area contributed by atoms with E-state index in [1.807, 2.05) is 12.1 Å². The van der Waals surface area contributed by atoms with Gasteiger partial charge in [-0.1, -0.05) is 133 Å². The van der Waals surface area contributed by atoms with Gasteiger partial charge in [-0.3, -0.25) is 0 Å². The first-order chi connectivity index (χ1) is 23.8. The SMILES string of the molecule is c1ccc(-c2ccccc2N(c2ccc3c(ccc4c5ccccc5ccc34)c2)c2ccc3c(ccc4oc5ccccc5c43)c2)cc1. The molecule has 0 aliphatic rings. The van der Waals surface area contributed by atoms with Crippen molar-refractivity contribution >= 4 is 82.1 Å². The second kappa shape index (κ2) is 10.6. The van der Waals surface area contributed by atoms with Crippen LogP contribution in [0, 0.1) is 0 Å². The van der Waals surface area contributed by atoms with E-state index in [-0.39, 0.29) is 0 Å². The average molecular weight is 612 g/mol. The monoisotopic (exact) mass is 611 g/mol. The molecule has 0 amide bonds. The van der Waals surface area contributed by atoms with E-state index in [0.29, 0.717) is 0 Å². The molecule has 9 aromatic carbocycles. The van der Waals surface area contributed by atoms with Crippen molar-refractivity contribution in [3.63, 3.8) is 0 Å².